The number of sulfonamides is 1. The second kappa shape index (κ2) is 6.66. The van der Waals surface area contributed by atoms with Gasteiger partial charge in [-0.2, -0.15) is 4.31 Å². The fourth-order valence-corrected chi connectivity index (χ4v) is 4.71. The molecule has 1 aromatic carbocycles. The van der Waals surface area contributed by atoms with E-state index < -0.39 is 10.0 Å². The van der Waals surface area contributed by atoms with Crippen LogP contribution in [0.15, 0.2) is 33.7 Å². The summed E-state index contributed by atoms with van der Waals surface area (Å²) in [7, 11) is -3.43. The van der Waals surface area contributed by atoms with Gasteiger partial charge in [0.15, 0.2) is 0 Å². The SMILES string of the molecule is Cc1ccc(C)c(S(=O)(=O)N2CCN(Cc3cc(C)on3)CC2)c1. The Balaban J connectivity index is 1.68. The van der Waals surface area contributed by atoms with E-state index >= 15 is 0 Å². The molecular formula is C17H23N3O3S. The molecule has 0 amide bonds. The van der Waals surface area contributed by atoms with Crippen LogP contribution in [0.2, 0.25) is 0 Å². The maximum absolute atomic E-state index is 12.9. The Hall–Kier alpha value is -1.70. The average molecular weight is 349 g/mol. The highest BCUT2D eigenvalue weighted by Gasteiger charge is 2.29. The lowest BCUT2D eigenvalue weighted by atomic mass is 10.2. The number of hydrogen-bond acceptors (Lipinski definition) is 5. The zero-order valence-electron chi connectivity index (χ0n) is 14.3. The predicted molar refractivity (Wildman–Crippen MR) is 91.2 cm³/mol. The molecule has 0 aliphatic carbocycles. The van der Waals surface area contributed by atoms with Gasteiger partial charge in [-0.05, 0) is 38.0 Å². The molecule has 1 aliphatic rings. The van der Waals surface area contributed by atoms with Crippen molar-refractivity contribution in [3.8, 4) is 0 Å². The van der Waals surface area contributed by atoms with Gasteiger partial charge < -0.3 is 4.52 Å². The summed E-state index contributed by atoms with van der Waals surface area (Å²) in [5.74, 6) is 0.793. The fourth-order valence-electron chi connectivity index (χ4n) is 2.97. The molecule has 1 aromatic heterocycles. The smallest absolute Gasteiger partial charge is 0.243 e. The van der Waals surface area contributed by atoms with Gasteiger partial charge >= 0.3 is 0 Å². The lowest BCUT2D eigenvalue weighted by Crippen LogP contribution is -2.48. The second-order valence-corrected chi connectivity index (χ2v) is 8.28. The van der Waals surface area contributed by atoms with Gasteiger partial charge in [-0.25, -0.2) is 8.42 Å². The molecule has 2 heterocycles. The zero-order chi connectivity index (χ0) is 17.3. The number of aryl methyl sites for hydroxylation is 3. The Morgan fingerprint density at radius 1 is 1.08 bits per heavy atom. The highest BCUT2D eigenvalue weighted by molar-refractivity contribution is 7.89. The van der Waals surface area contributed by atoms with Gasteiger partial charge in [-0.3, -0.25) is 4.90 Å². The molecule has 0 saturated carbocycles. The molecule has 0 bridgehead atoms. The maximum atomic E-state index is 12.9. The topological polar surface area (TPSA) is 66.7 Å². The summed E-state index contributed by atoms with van der Waals surface area (Å²) in [6, 6.07) is 7.48. The third kappa shape index (κ3) is 3.53. The average Bonchev–Trinajstić information content (AvgIpc) is 2.95. The first kappa shape index (κ1) is 17.1. The Morgan fingerprint density at radius 2 is 1.79 bits per heavy atom. The van der Waals surface area contributed by atoms with Crippen molar-refractivity contribution >= 4 is 10.0 Å². The van der Waals surface area contributed by atoms with E-state index in [1.54, 1.807) is 10.4 Å². The number of nitrogens with zero attached hydrogens (tertiary/aromatic N) is 3. The van der Waals surface area contributed by atoms with Gasteiger partial charge in [0.1, 0.15) is 5.76 Å². The molecule has 7 heteroatoms. The van der Waals surface area contributed by atoms with E-state index in [4.69, 9.17) is 4.52 Å². The van der Waals surface area contributed by atoms with Crippen molar-refractivity contribution in [2.45, 2.75) is 32.2 Å². The van der Waals surface area contributed by atoms with Crippen LogP contribution in [0.25, 0.3) is 0 Å². The van der Waals surface area contributed by atoms with E-state index in [0.717, 1.165) is 22.6 Å². The molecule has 0 atom stereocenters. The van der Waals surface area contributed by atoms with Crippen molar-refractivity contribution in [2.75, 3.05) is 26.2 Å². The van der Waals surface area contributed by atoms with Crippen LogP contribution in [-0.4, -0.2) is 49.0 Å². The molecule has 24 heavy (non-hydrogen) atoms. The van der Waals surface area contributed by atoms with E-state index in [9.17, 15) is 8.42 Å². The Kier molecular flexibility index (Phi) is 4.76. The van der Waals surface area contributed by atoms with Gasteiger partial charge in [0.25, 0.3) is 0 Å². The molecule has 130 valence electrons. The highest BCUT2D eigenvalue weighted by atomic mass is 32.2. The van der Waals surface area contributed by atoms with Crippen LogP contribution in [0.1, 0.15) is 22.6 Å². The predicted octanol–water partition coefficient (Wildman–Crippen LogP) is 2.11. The number of rotatable bonds is 4. The van der Waals surface area contributed by atoms with Crippen LogP contribution in [-0.2, 0) is 16.6 Å². The normalized spacial score (nSPS) is 17.3. The molecule has 2 aromatic rings. The summed E-state index contributed by atoms with van der Waals surface area (Å²) >= 11 is 0. The maximum Gasteiger partial charge on any atom is 0.243 e. The van der Waals surface area contributed by atoms with E-state index in [0.29, 0.717) is 37.6 Å². The summed E-state index contributed by atoms with van der Waals surface area (Å²) in [6.45, 7) is 8.68. The van der Waals surface area contributed by atoms with Crippen LogP contribution >= 0.6 is 0 Å². The van der Waals surface area contributed by atoms with Crippen LogP contribution in [0.4, 0.5) is 0 Å². The van der Waals surface area contributed by atoms with Crippen LogP contribution in [0.3, 0.4) is 0 Å². The molecule has 1 fully saturated rings. The Labute approximate surface area is 143 Å². The fraction of sp³-hybridized carbons (Fsp3) is 0.471. The highest BCUT2D eigenvalue weighted by Crippen LogP contribution is 2.22. The van der Waals surface area contributed by atoms with Crippen LogP contribution in [0, 0.1) is 20.8 Å². The first-order chi connectivity index (χ1) is 11.4. The van der Waals surface area contributed by atoms with Gasteiger partial charge in [-0.1, -0.05) is 17.3 Å². The van der Waals surface area contributed by atoms with E-state index in [1.807, 2.05) is 39.0 Å². The van der Waals surface area contributed by atoms with E-state index in [1.165, 1.54) is 0 Å². The first-order valence-electron chi connectivity index (χ1n) is 8.08. The summed E-state index contributed by atoms with van der Waals surface area (Å²) in [5, 5.41) is 4.00. The van der Waals surface area contributed by atoms with E-state index in [-0.39, 0.29) is 0 Å². The van der Waals surface area contributed by atoms with Crippen molar-refractivity contribution in [2.24, 2.45) is 0 Å². The van der Waals surface area contributed by atoms with Crippen LogP contribution in [0.5, 0.6) is 0 Å². The van der Waals surface area contributed by atoms with Crippen molar-refractivity contribution in [3.63, 3.8) is 0 Å². The summed E-state index contributed by atoms with van der Waals surface area (Å²) in [4.78, 5) is 2.62. The summed E-state index contributed by atoms with van der Waals surface area (Å²) in [5.41, 5.74) is 2.64. The number of hydrogen-bond donors (Lipinski definition) is 0. The lowest BCUT2D eigenvalue weighted by Gasteiger charge is -2.33. The number of piperazine rings is 1. The molecule has 6 nitrogen and oxygen atoms in total. The van der Waals surface area contributed by atoms with Gasteiger partial charge in [-0.15, -0.1) is 0 Å². The molecule has 0 spiro atoms. The monoisotopic (exact) mass is 349 g/mol. The van der Waals surface area contributed by atoms with Gasteiger partial charge in [0, 0.05) is 38.8 Å². The van der Waals surface area contributed by atoms with E-state index in [2.05, 4.69) is 10.1 Å². The molecule has 0 unspecified atom stereocenters. The molecule has 3 rings (SSSR count). The second-order valence-electron chi connectivity index (χ2n) is 6.38. The third-order valence-electron chi connectivity index (χ3n) is 4.36. The van der Waals surface area contributed by atoms with Crippen molar-refractivity contribution in [3.05, 3.63) is 46.8 Å². The lowest BCUT2D eigenvalue weighted by molar-refractivity contribution is 0.177. The molecule has 0 radical (unpaired) electrons. The molecule has 0 N–H and O–H groups in total. The molecule has 1 aliphatic heterocycles. The quantitative estimate of drug-likeness (QED) is 0.846. The molecular weight excluding hydrogens is 326 g/mol. The largest absolute Gasteiger partial charge is 0.361 e. The minimum absolute atomic E-state index is 0.420. The zero-order valence-corrected chi connectivity index (χ0v) is 15.1. The summed E-state index contributed by atoms with van der Waals surface area (Å²) in [6.07, 6.45) is 0. The number of aromatic nitrogens is 1. The number of benzene rings is 1. The first-order valence-corrected chi connectivity index (χ1v) is 9.52. The van der Waals surface area contributed by atoms with Gasteiger partial charge in [0.05, 0.1) is 10.6 Å². The summed E-state index contributed by atoms with van der Waals surface area (Å²) < 4.78 is 32.5. The third-order valence-corrected chi connectivity index (χ3v) is 6.40. The van der Waals surface area contributed by atoms with Crippen molar-refractivity contribution in [1.82, 2.24) is 14.4 Å². The van der Waals surface area contributed by atoms with Crippen molar-refractivity contribution < 1.29 is 12.9 Å². The molecule has 1 saturated heterocycles. The van der Waals surface area contributed by atoms with Crippen LogP contribution < -0.4 is 0 Å². The van der Waals surface area contributed by atoms with Gasteiger partial charge in [0.2, 0.25) is 10.0 Å². The van der Waals surface area contributed by atoms with Crippen molar-refractivity contribution in [1.29, 1.82) is 0 Å². The standard InChI is InChI=1S/C17H23N3O3S/c1-13-4-5-14(2)17(10-13)24(21,22)20-8-6-19(7-9-20)12-16-11-15(3)23-18-16/h4-5,10-11H,6-9,12H2,1-3H3. The minimum atomic E-state index is -3.43. The Morgan fingerprint density at radius 3 is 2.42 bits per heavy atom. The minimum Gasteiger partial charge on any atom is -0.361 e. The Bertz CT molecular complexity index is 821.